The quantitative estimate of drug-likeness (QED) is 0.578. The van der Waals surface area contributed by atoms with Gasteiger partial charge in [0.05, 0.1) is 4.88 Å². The minimum atomic E-state index is -0.147. The van der Waals surface area contributed by atoms with Crippen molar-refractivity contribution in [3.05, 3.63) is 56.7 Å². The van der Waals surface area contributed by atoms with E-state index in [0.717, 1.165) is 10.0 Å². The second-order valence-corrected chi connectivity index (χ2v) is 4.81. The van der Waals surface area contributed by atoms with Crippen LogP contribution in [0.25, 0.3) is 0 Å². The number of halogens is 1. The molecule has 0 atom stereocenters. The van der Waals surface area contributed by atoms with Crippen LogP contribution in [0.5, 0.6) is 0 Å². The molecule has 16 heavy (non-hydrogen) atoms. The number of thiophene rings is 1. The molecule has 0 fully saturated rings. The Kier molecular flexibility index (Phi) is 3.55. The molecule has 0 aliphatic rings. The number of carbonyl (C=O) groups excluding carboxylic acids is 1. The van der Waals surface area contributed by atoms with E-state index in [0.29, 0.717) is 4.88 Å². The molecular weight excluding hydrogens is 284 g/mol. The summed E-state index contributed by atoms with van der Waals surface area (Å²) in [7, 11) is 0. The van der Waals surface area contributed by atoms with E-state index in [1.165, 1.54) is 11.3 Å². The number of hydrogen-bond acceptors (Lipinski definition) is 2. The third kappa shape index (κ3) is 2.60. The van der Waals surface area contributed by atoms with Crippen LogP contribution in [-0.2, 0) is 0 Å². The van der Waals surface area contributed by atoms with Gasteiger partial charge in [-0.2, -0.15) is 0 Å². The van der Waals surface area contributed by atoms with Gasteiger partial charge in [0.2, 0.25) is 5.78 Å². The fourth-order valence-corrected chi connectivity index (χ4v) is 2.61. The Balaban J connectivity index is 2.21. The zero-order chi connectivity index (χ0) is 11.4. The minimum absolute atomic E-state index is 0.147. The van der Waals surface area contributed by atoms with Crippen molar-refractivity contribution >= 4 is 33.0 Å². The van der Waals surface area contributed by atoms with Crippen molar-refractivity contribution < 1.29 is 4.79 Å². The Labute approximate surface area is 106 Å². The molecule has 1 aromatic carbocycles. The lowest BCUT2D eigenvalue weighted by Crippen LogP contribution is -1.91. The van der Waals surface area contributed by atoms with Crippen LogP contribution in [0.1, 0.15) is 15.2 Å². The summed E-state index contributed by atoms with van der Waals surface area (Å²) in [6.07, 6.45) is 0. The molecule has 1 heterocycles. The van der Waals surface area contributed by atoms with Gasteiger partial charge in [0.15, 0.2) is 0 Å². The molecule has 0 bridgehead atoms. The average molecular weight is 291 g/mol. The highest BCUT2D eigenvalue weighted by molar-refractivity contribution is 9.10. The molecule has 0 saturated heterocycles. The highest BCUT2D eigenvalue weighted by Crippen LogP contribution is 2.22. The Morgan fingerprint density at radius 3 is 2.56 bits per heavy atom. The van der Waals surface area contributed by atoms with Crippen LogP contribution in [0.3, 0.4) is 0 Å². The zero-order valence-electron chi connectivity index (χ0n) is 8.24. The lowest BCUT2D eigenvalue weighted by atomic mass is 10.2. The number of Topliss-reactive ketones (excluding diaryl/α,β-unsaturated/α-hetero) is 1. The second kappa shape index (κ2) is 5.11. The number of hydrogen-bond donors (Lipinski definition) is 0. The molecule has 0 spiro atoms. The largest absolute Gasteiger partial charge is 0.278 e. The summed E-state index contributed by atoms with van der Waals surface area (Å²) < 4.78 is 0.810. The van der Waals surface area contributed by atoms with E-state index >= 15 is 0 Å². The van der Waals surface area contributed by atoms with Gasteiger partial charge in [-0.15, -0.1) is 11.3 Å². The third-order valence-electron chi connectivity index (χ3n) is 1.92. The average Bonchev–Trinajstić information content (AvgIpc) is 2.74. The standard InChI is InChI=1S/C13H7BrOS/c14-11-8-9-16-13(11)12(15)7-6-10-4-2-1-3-5-10/h1-5,8-9H. The Bertz CT molecular complexity index is 560. The number of ketones is 1. The zero-order valence-corrected chi connectivity index (χ0v) is 10.6. The van der Waals surface area contributed by atoms with Crippen LogP contribution in [-0.4, -0.2) is 5.78 Å². The predicted octanol–water partition coefficient (Wildman–Crippen LogP) is 3.75. The molecule has 0 unspecified atom stereocenters. The van der Waals surface area contributed by atoms with Gasteiger partial charge < -0.3 is 0 Å². The molecule has 1 aromatic heterocycles. The number of carbonyl (C=O) groups is 1. The molecule has 3 heteroatoms. The first-order chi connectivity index (χ1) is 7.77. The summed E-state index contributed by atoms with van der Waals surface area (Å²) in [5.41, 5.74) is 0.850. The van der Waals surface area contributed by atoms with E-state index < -0.39 is 0 Å². The van der Waals surface area contributed by atoms with Gasteiger partial charge in [0.1, 0.15) is 0 Å². The number of rotatable bonds is 1. The normalized spacial score (nSPS) is 9.31. The van der Waals surface area contributed by atoms with Gasteiger partial charge in [0, 0.05) is 10.0 Å². The number of benzene rings is 1. The molecule has 2 rings (SSSR count). The van der Waals surface area contributed by atoms with E-state index in [1.807, 2.05) is 41.8 Å². The van der Waals surface area contributed by atoms with E-state index in [4.69, 9.17) is 0 Å². The van der Waals surface area contributed by atoms with Crippen LogP contribution >= 0.6 is 27.3 Å². The lowest BCUT2D eigenvalue weighted by Gasteiger charge is -1.88. The first-order valence-corrected chi connectivity index (χ1v) is 6.29. The van der Waals surface area contributed by atoms with Crippen molar-refractivity contribution in [3.63, 3.8) is 0 Å². The maximum atomic E-state index is 11.7. The van der Waals surface area contributed by atoms with E-state index in [2.05, 4.69) is 27.8 Å². The van der Waals surface area contributed by atoms with Crippen molar-refractivity contribution in [1.82, 2.24) is 0 Å². The van der Waals surface area contributed by atoms with Crippen molar-refractivity contribution in [1.29, 1.82) is 0 Å². The van der Waals surface area contributed by atoms with Crippen molar-refractivity contribution in [3.8, 4) is 11.8 Å². The Morgan fingerprint density at radius 1 is 1.19 bits per heavy atom. The molecule has 1 nitrogen and oxygen atoms in total. The summed E-state index contributed by atoms with van der Waals surface area (Å²) in [5.74, 6) is 5.33. The monoisotopic (exact) mass is 290 g/mol. The molecular formula is C13H7BrOS. The second-order valence-electron chi connectivity index (χ2n) is 3.04. The van der Waals surface area contributed by atoms with Crippen LogP contribution in [0.15, 0.2) is 46.3 Å². The molecule has 2 aromatic rings. The minimum Gasteiger partial charge on any atom is -0.278 e. The first-order valence-electron chi connectivity index (χ1n) is 4.62. The molecule has 0 saturated carbocycles. The summed E-state index contributed by atoms with van der Waals surface area (Å²) >= 11 is 4.71. The van der Waals surface area contributed by atoms with Gasteiger partial charge in [-0.3, -0.25) is 4.79 Å². The smallest absolute Gasteiger partial charge is 0.247 e. The van der Waals surface area contributed by atoms with E-state index in [-0.39, 0.29) is 5.78 Å². The third-order valence-corrected chi connectivity index (χ3v) is 3.75. The topological polar surface area (TPSA) is 17.1 Å². The van der Waals surface area contributed by atoms with Crippen LogP contribution in [0.2, 0.25) is 0 Å². The Hall–Kier alpha value is -1.37. The van der Waals surface area contributed by atoms with Crippen LogP contribution < -0.4 is 0 Å². The molecule has 0 aliphatic carbocycles. The van der Waals surface area contributed by atoms with Gasteiger partial charge in [-0.1, -0.05) is 24.1 Å². The maximum Gasteiger partial charge on any atom is 0.247 e. The molecule has 78 valence electrons. The molecule has 0 amide bonds. The van der Waals surface area contributed by atoms with Crippen molar-refractivity contribution in [2.75, 3.05) is 0 Å². The van der Waals surface area contributed by atoms with Crippen molar-refractivity contribution in [2.45, 2.75) is 0 Å². The predicted molar refractivity (Wildman–Crippen MR) is 69.7 cm³/mol. The van der Waals surface area contributed by atoms with Gasteiger partial charge in [0.25, 0.3) is 0 Å². The highest BCUT2D eigenvalue weighted by Gasteiger charge is 2.07. The fourth-order valence-electron chi connectivity index (χ4n) is 1.16. The van der Waals surface area contributed by atoms with Gasteiger partial charge in [-0.25, -0.2) is 0 Å². The molecule has 0 N–H and O–H groups in total. The van der Waals surface area contributed by atoms with Crippen molar-refractivity contribution in [2.24, 2.45) is 0 Å². The summed E-state index contributed by atoms with van der Waals surface area (Å²) in [4.78, 5) is 12.4. The highest BCUT2D eigenvalue weighted by atomic mass is 79.9. The summed E-state index contributed by atoms with van der Waals surface area (Å²) in [6, 6.07) is 11.3. The van der Waals surface area contributed by atoms with E-state index in [9.17, 15) is 4.79 Å². The molecule has 0 aliphatic heterocycles. The lowest BCUT2D eigenvalue weighted by molar-refractivity contribution is 0.105. The SMILES string of the molecule is O=C(C#Cc1ccccc1)c1sccc1Br. The van der Waals surface area contributed by atoms with Crippen LogP contribution in [0.4, 0.5) is 0 Å². The fraction of sp³-hybridized carbons (Fsp3) is 0. The summed E-state index contributed by atoms with van der Waals surface area (Å²) in [5, 5.41) is 1.86. The molecule has 0 radical (unpaired) electrons. The Morgan fingerprint density at radius 2 is 1.94 bits per heavy atom. The van der Waals surface area contributed by atoms with Gasteiger partial charge in [-0.05, 0) is 45.4 Å². The summed E-state index contributed by atoms with van der Waals surface area (Å²) in [6.45, 7) is 0. The maximum absolute atomic E-state index is 11.7. The van der Waals surface area contributed by atoms with Crippen LogP contribution in [0, 0.1) is 11.8 Å². The van der Waals surface area contributed by atoms with E-state index in [1.54, 1.807) is 0 Å². The van der Waals surface area contributed by atoms with Gasteiger partial charge >= 0.3 is 0 Å². The first kappa shape index (κ1) is 11.1.